The van der Waals surface area contributed by atoms with Crippen molar-refractivity contribution in [3.63, 3.8) is 0 Å². The lowest BCUT2D eigenvalue weighted by Crippen LogP contribution is -2.51. The van der Waals surface area contributed by atoms with E-state index in [1.807, 2.05) is 52.3 Å². The van der Waals surface area contributed by atoms with E-state index in [1.165, 1.54) is 0 Å². The second-order valence-electron chi connectivity index (χ2n) is 8.91. The highest BCUT2D eigenvalue weighted by molar-refractivity contribution is 6.09. The topological polar surface area (TPSA) is 66.7 Å². The summed E-state index contributed by atoms with van der Waals surface area (Å²) in [6, 6.07) is 11.7. The molecular weight excluding hydrogens is 402 g/mol. The Morgan fingerprint density at radius 3 is 2.50 bits per heavy atom. The first-order valence-electron chi connectivity index (χ1n) is 11.4. The third-order valence-corrected chi connectivity index (χ3v) is 6.82. The summed E-state index contributed by atoms with van der Waals surface area (Å²) in [6.07, 6.45) is 7.36. The molecule has 1 saturated heterocycles. The molecule has 0 spiro atoms. The van der Waals surface area contributed by atoms with Crippen LogP contribution in [0.15, 0.2) is 47.1 Å². The number of furan rings is 1. The molecule has 32 heavy (non-hydrogen) atoms. The molecule has 6 rings (SSSR count). The minimum absolute atomic E-state index is 0.0534. The Balaban J connectivity index is 1.35. The smallest absolute Gasteiger partial charge is 0.255 e. The normalized spacial score (nSPS) is 19.6. The van der Waals surface area contributed by atoms with Gasteiger partial charge in [0.2, 0.25) is 5.91 Å². The van der Waals surface area contributed by atoms with E-state index >= 15 is 0 Å². The van der Waals surface area contributed by atoms with Crippen LogP contribution in [0.5, 0.6) is 0 Å². The van der Waals surface area contributed by atoms with Crippen molar-refractivity contribution in [3.05, 3.63) is 65.2 Å². The summed E-state index contributed by atoms with van der Waals surface area (Å²) in [4.78, 5) is 35.0. The zero-order chi connectivity index (χ0) is 21.7. The van der Waals surface area contributed by atoms with Gasteiger partial charge in [-0.25, -0.2) is 4.98 Å². The maximum absolute atomic E-state index is 13.8. The van der Waals surface area contributed by atoms with E-state index in [0.29, 0.717) is 26.2 Å². The van der Waals surface area contributed by atoms with Crippen LogP contribution >= 0.6 is 0 Å². The number of para-hydroxylation sites is 1. The van der Waals surface area contributed by atoms with Gasteiger partial charge in [0.05, 0.1) is 23.0 Å². The molecule has 0 bridgehead atoms. The summed E-state index contributed by atoms with van der Waals surface area (Å²) in [5, 5.41) is 0.909. The van der Waals surface area contributed by atoms with Gasteiger partial charge in [-0.1, -0.05) is 18.2 Å². The molecule has 1 saturated carbocycles. The van der Waals surface area contributed by atoms with Crippen LogP contribution < -0.4 is 0 Å². The molecule has 1 aromatic carbocycles. The fourth-order valence-electron chi connectivity index (χ4n) is 4.94. The van der Waals surface area contributed by atoms with Crippen molar-refractivity contribution in [3.8, 4) is 0 Å². The van der Waals surface area contributed by atoms with Crippen molar-refractivity contribution in [1.29, 1.82) is 0 Å². The van der Waals surface area contributed by atoms with Gasteiger partial charge in [-0.3, -0.25) is 9.59 Å². The van der Waals surface area contributed by atoms with Gasteiger partial charge in [0.15, 0.2) is 0 Å². The van der Waals surface area contributed by atoms with Crippen LogP contribution in [0.3, 0.4) is 0 Å². The van der Waals surface area contributed by atoms with Crippen LogP contribution in [0.4, 0.5) is 0 Å². The first-order chi connectivity index (χ1) is 15.7. The van der Waals surface area contributed by atoms with E-state index in [-0.39, 0.29) is 17.7 Å². The highest BCUT2D eigenvalue weighted by Gasteiger charge is 2.36. The molecule has 162 valence electrons. The zero-order valence-electron chi connectivity index (χ0n) is 17.9. The lowest BCUT2D eigenvalue weighted by atomic mass is 9.99. The average Bonchev–Trinajstić information content (AvgIpc) is 3.42. The predicted molar refractivity (Wildman–Crippen MR) is 122 cm³/mol. The first-order valence-corrected chi connectivity index (χ1v) is 11.4. The summed E-state index contributed by atoms with van der Waals surface area (Å²) in [6.45, 7) is 2.40. The Morgan fingerprint density at radius 1 is 0.969 bits per heavy atom. The van der Waals surface area contributed by atoms with Gasteiger partial charge in [-0.15, -0.1) is 0 Å². The van der Waals surface area contributed by atoms with Gasteiger partial charge < -0.3 is 14.2 Å². The number of rotatable bonds is 3. The molecule has 6 nitrogen and oxygen atoms in total. The van der Waals surface area contributed by atoms with Crippen molar-refractivity contribution in [1.82, 2.24) is 14.8 Å². The molecule has 0 N–H and O–H groups in total. The molecule has 2 fully saturated rings. The molecule has 3 aromatic rings. The highest BCUT2D eigenvalue weighted by Crippen LogP contribution is 2.38. The number of piperazine rings is 1. The van der Waals surface area contributed by atoms with Crippen molar-refractivity contribution in [2.24, 2.45) is 5.92 Å². The van der Waals surface area contributed by atoms with Gasteiger partial charge >= 0.3 is 0 Å². The fraction of sp³-hybridized carbons (Fsp3) is 0.346. The number of hydrogen-bond donors (Lipinski definition) is 0. The molecule has 0 radical (unpaired) electrons. The van der Waals surface area contributed by atoms with Crippen molar-refractivity contribution >= 4 is 34.4 Å². The maximum Gasteiger partial charge on any atom is 0.255 e. The fourth-order valence-corrected chi connectivity index (χ4v) is 4.94. The van der Waals surface area contributed by atoms with Crippen LogP contribution in [0, 0.1) is 5.92 Å². The number of nitrogens with zero attached hydrogens (tertiary/aromatic N) is 3. The third kappa shape index (κ3) is 3.30. The highest BCUT2D eigenvalue weighted by atomic mass is 16.3. The third-order valence-electron chi connectivity index (χ3n) is 6.82. The molecule has 3 heterocycles. The maximum atomic E-state index is 13.8. The number of benzene rings is 1. The number of pyridine rings is 1. The number of amides is 2. The summed E-state index contributed by atoms with van der Waals surface area (Å²) >= 11 is 0. The van der Waals surface area contributed by atoms with Crippen molar-refractivity contribution in [2.45, 2.75) is 25.7 Å². The van der Waals surface area contributed by atoms with E-state index in [1.54, 1.807) is 6.26 Å². The Labute approximate surface area is 186 Å². The standard InChI is InChI=1S/C26H25N3O3/c30-25(17-7-8-17)28-11-13-29(14-12-28)26(31)23-20-5-1-2-6-22(20)27-24-18(9-10-21(23)24)16-19-4-3-15-32-19/h1-6,15-17H,7-14H2/b18-16+. The quantitative estimate of drug-likeness (QED) is 0.634. The van der Waals surface area contributed by atoms with Crippen molar-refractivity contribution < 1.29 is 14.0 Å². The second-order valence-corrected chi connectivity index (χ2v) is 8.91. The number of carbonyl (C=O) groups is 2. The minimum atomic E-state index is 0.0534. The van der Waals surface area contributed by atoms with Gasteiger partial charge in [0.1, 0.15) is 5.76 Å². The number of hydrogen-bond acceptors (Lipinski definition) is 4. The summed E-state index contributed by atoms with van der Waals surface area (Å²) < 4.78 is 5.51. The number of carbonyl (C=O) groups excluding carboxylic acids is 2. The molecule has 2 aromatic heterocycles. The molecule has 2 amide bonds. The Hall–Kier alpha value is -3.41. The predicted octanol–water partition coefficient (Wildman–Crippen LogP) is 4.01. The van der Waals surface area contributed by atoms with Gasteiger partial charge in [0.25, 0.3) is 5.91 Å². The number of aromatic nitrogens is 1. The SMILES string of the molecule is O=C(c1c2c(nc3ccccc13)/C(=C/c1ccco1)CC2)N1CCN(C(=O)C2CC2)CC1. The summed E-state index contributed by atoms with van der Waals surface area (Å²) in [7, 11) is 0. The largest absolute Gasteiger partial charge is 0.465 e. The molecule has 1 aliphatic heterocycles. The van der Waals surface area contributed by atoms with Crippen molar-refractivity contribution in [2.75, 3.05) is 26.2 Å². The van der Waals surface area contributed by atoms with Crippen LogP contribution in [0.25, 0.3) is 22.6 Å². The zero-order valence-corrected chi connectivity index (χ0v) is 17.9. The Morgan fingerprint density at radius 2 is 1.75 bits per heavy atom. The molecule has 3 aliphatic rings. The Kier molecular flexibility index (Phi) is 4.59. The van der Waals surface area contributed by atoms with Gasteiger partial charge in [-0.05, 0) is 61.1 Å². The molecule has 0 atom stereocenters. The van der Waals surface area contributed by atoms with Gasteiger partial charge in [0, 0.05) is 37.5 Å². The van der Waals surface area contributed by atoms with Crippen LogP contribution in [0.1, 0.15) is 46.6 Å². The molecular formula is C26H25N3O3. The monoisotopic (exact) mass is 427 g/mol. The van der Waals surface area contributed by atoms with E-state index in [4.69, 9.17) is 9.40 Å². The van der Waals surface area contributed by atoms with Crippen LogP contribution in [-0.4, -0.2) is 52.8 Å². The van der Waals surface area contributed by atoms with E-state index < -0.39 is 0 Å². The molecule has 0 unspecified atom stereocenters. The lowest BCUT2D eigenvalue weighted by Gasteiger charge is -2.35. The average molecular weight is 428 g/mol. The van der Waals surface area contributed by atoms with Crippen LogP contribution in [-0.2, 0) is 11.2 Å². The Bertz CT molecular complexity index is 1230. The number of fused-ring (bicyclic) bond motifs is 2. The summed E-state index contributed by atoms with van der Waals surface area (Å²) in [5.74, 6) is 1.34. The lowest BCUT2D eigenvalue weighted by molar-refractivity contribution is -0.134. The minimum Gasteiger partial charge on any atom is -0.465 e. The molecule has 2 aliphatic carbocycles. The second kappa shape index (κ2) is 7.62. The van der Waals surface area contributed by atoms with E-state index in [9.17, 15) is 9.59 Å². The van der Waals surface area contributed by atoms with Gasteiger partial charge in [-0.2, -0.15) is 0 Å². The summed E-state index contributed by atoms with van der Waals surface area (Å²) in [5.41, 5.74) is 4.66. The number of allylic oxidation sites excluding steroid dienone is 1. The first kappa shape index (κ1) is 19.3. The molecule has 6 heteroatoms. The van der Waals surface area contributed by atoms with E-state index in [2.05, 4.69) is 0 Å². The van der Waals surface area contributed by atoms with Crippen LogP contribution in [0.2, 0.25) is 0 Å². The van der Waals surface area contributed by atoms with E-state index in [0.717, 1.165) is 64.7 Å².